The van der Waals surface area contributed by atoms with Gasteiger partial charge in [-0.2, -0.15) is 4.31 Å². The third kappa shape index (κ3) is 4.55. The smallest absolute Gasteiger partial charge is 0.252 e. The van der Waals surface area contributed by atoms with E-state index in [1.807, 2.05) is 11.8 Å². The van der Waals surface area contributed by atoms with Crippen LogP contribution in [0.25, 0.3) is 0 Å². The van der Waals surface area contributed by atoms with Crippen LogP contribution in [-0.4, -0.2) is 60.4 Å². The number of carbonyl (C=O) groups excluding carboxylic acids is 1. The second kappa shape index (κ2) is 9.03. The Morgan fingerprint density at radius 2 is 2.07 bits per heavy atom. The molecule has 2 heterocycles. The highest BCUT2D eigenvalue weighted by molar-refractivity contribution is 7.91. The van der Waals surface area contributed by atoms with Crippen molar-refractivity contribution in [1.82, 2.24) is 9.21 Å². The van der Waals surface area contributed by atoms with Gasteiger partial charge < -0.3 is 10.0 Å². The zero-order chi connectivity index (χ0) is 19.4. The molecule has 1 aromatic heterocycles. The fourth-order valence-corrected chi connectivity index (χ4v) is 6.94. The van der Waals surface area contributed by atoms with Gasteiger partial charge in [-0.15, -0.1) is 11.3 Å². The fourth-order valence-electron chi connectivity index (χ4n) is 4.27. The van der Waals surface area contributed by atoms with Crippen molar-refractivity contribution in [3.05, 3.63) is 17.5 Å². The van der Waals surface area contributed by atoms with Crippen molar-refractivity contribution >= 4 is 27.3 Å². The zero-order valence-electron chi connectivity index (χ0n) is 15.9. The third-order valence-electron chi connectivity index (χ3n) is 5.66. The first-order chi connectivity index (χ1) is 12.9. The van der Waals surface area contributed by atoms with Gasteiger partial charge in [0.25, 0.3) is 10.0 Å². The summed E-state index contributed by atoms with van der Waals surface area (Å²) in [4.78, 5) is 15.1. The summed E-state index contributed by atoms with van der Waals surface area (Å²) in [6, 6.07) is 3.22. The van der Waals surface area contributed by atoms with Crippen LogP contribution in [0.5, 0.6) is 0 Å². The van der Waals surface area contributed by atoms with Gasteiger partial charge in [0.15, 0.2) is 0 Å². The van der Waals surface area contributed by atoms with Crippen molar-refractivity contribution < 1.29 is 18.3 Å². The van der Waals surface area contributed by atoms with E-state index in [4.69, 9.17) is 0 Å². The molecule has 0 aromatic carbocycles. The minimum Gasteiger partial charge on any atom is -0.391 e. The minimum absolute atomic E-state index is 0.00822. The molecule has 8 heteroatoms. The molecule has 1 N–H and O–H groups in total. The maximum absolute atomic E-state index is 13.3. The largest absolute Gasteiger partial charge is 0.391 e. The van der Waals surface area contributed by atoms with Gasteiger partial charge in [-0.3, -0.25) is 4.79 Å². The summed E-state index contributed by atoms with van der Waals surface area (Å²) in [5, 5.41) is 12.2. The van der Waals surface area contributed by atoms with E-state index in [0.717, 1.165) is 32.1 Å². The molecular formula is C19H30N2O4S2. The topological polar surface area (TPSA) is 77.9 Å². The number of nitrogens with zero attached hydrogens (tertiary/aromatic N) is 2. The lowest BCUT2D eigenvalue weighted by atomic mass is 9.89. The van der Waals surface area contributed by atoms with Crippen molar-refractivity contribution in [1.29, 1.82) is 0 Å². The van der Waals surface area contributed by atoms with Gasteiger partial charge in [-0.1, -0.05) is 25.8 Å². The van der Waals surface area contributed by atoms with Crippen molar-refractivity contribution in [3.63, 3.8) is 0 Å². The van der Waals surface area contributed by atoms with Crippen LogP contribution in [0, 0.1) is 5.92 Å². The number of sulfonamides is 1. The molecule has 1 amide bonds. The van der Waals surface area contributed by atoms with Crippen LogP contribution >= 0.6 is 11.3 Å². The molecule has 6 nitrogen and oxygen atoms in total. The van der Waals surface area contributed by atoms with E-state index in [2.05, 4.69) is 0 Å². The van der Waals surface area contributed by atoms with Gasteiger partial charge in [0.1, 0.15) is 4.21 Å². The SMILES string of the molecule is CCCN(C(=O)C1CCCN(S(=O)(=O)c2cccs2)C1)C1CCCCC1O. The zero-order valence-corrected chi connectivity index (χ0v) is 17.6. The van der Waals surface area contributed by atoms with Gasteiger partial charge >= 0.3 is 0 Å². The Labute approximate surface area is 166 Å². The first kappa shape index (κ1) is 20.8. The maximum Gasteiger partial charge on any atom is 0.252 e. The Hall–Kier alpha value is -0.960. The number of hydrogen-bond acceptors (Lipinski definition) is 5. The number of amides is 1. The number of aliphatic hydroxyl groups excluding tert-OH is 1. The van der Waals surface area contributed by atoms with Gasteiger partial charge in [0.05, 0.1) is 18.1 Å². The molecule has 1 saturated heterocycles. The molecule has 1 aromatic rings. The molecule has 0 radical (unpaired) electrons. The van der Waals surface area contributed by atoms with Crippen molar-refractivity contribution in [2.24, 2.45) is 5.92 Å². The predicted octanol–water partition coefficient (Wildman–Crippen LogP) is 2.69. The van der Waals surface area contributed by atoms with E-state index in [0.29, 0.717) is 30.1 Å². The first-order valence-electron chi connectivity index (χ1n) is 9.97. The lowest BCUT2D eigenvalue weighted by Gasteiger charge is -2.41. The predicted molar refractivity (Wildman–Crippen MR) is 106 cm³/mol. The summed E-state index contributed by atoms with van der Waals surface area (Å²) < 4.78 is 27.5. The second-order valence-electron chi connectivity index (χ2n) is 7.59. The Morgan fingerprint density at radius 1 is 1.30 bits per heavy atom. The van der Waals surface area contributed by atoms with Gasteiger partial charge in [0, 0.05) is 19.6 Å². The summed E-state index contributed by atoms with van der Waals surface area (Å²) in [6.45, 7) is 3.35. The summed E-state index contributed by atoms with van der Waals surface area (Å²) >= 11 is 1.21. The van der Waals surface area contributed by atoms with Crippen LogP contribution in [0.2, 0.25) is 0 Å². The van der Waals surface area contributed by atoms with Crippen molar-refractivity contribution in [3.8, 4) is 0 Å². The molecule has 152 valence electrons. The highest BCUT2D eigenvalue weighted by atomic mass is 32.2. The lowest BCUT2D eigenvalue weighted by Crippen LogP contribution is -2.53. The van der Waals surface area contributed by atoms with Crippen LogP contribution in [0.1, 0.15) is 51.9 Å². The monoisotopic (exact) mass is 414 g/mol. The quantitative estimate of drug-likeness (QED) is 0.776. The molecule has 3 rings (SSSR count). The molecule has 1 saturated carbocycles. The summed E-state index contributed by atoms with van der Waals surface area (Å²) in [5.41, 5.74) is 0. The number of carbonyl (C=O) groups is 1. The highest BCUT2D eigenvalue weighted by Crippen LogP contribution is 2.30. The average molecular weight is 415 g/mol. The van der Waals surface area contributed by atoms with E-state index in [-0.39, 0.29) is 24.4 Å². The van der Waals surface area contributed by atoms with Crippen LogP contribution in [-0.2, 0) is 14.8 Å². The molecule has 3 atom stereocenters. The van der Waals surface area contributed by atoms with Gasteiger partial charge in [0.2, 0.25) is 5.91 Å². The Balaban J connectivity index is 1.74. The van der Waals surface area contributed by atoms with Crippen LogP contribution < -0.4 is 0 Å². The average Bonchev–Trinajstić information content (AvgIpc) is 3.22. The Morgan fingerprint density at radius 3 is 2.74 bits per heavy atom. The lowest BCUT2D eigenvalue weighted by molar-refractivity contribution is -0.143. The van der Waals surface area contributed by atoms with E-state index in [9.17, 15) is 18.3 Å². The Kier molecular flexibility index (Phi) is 6.94. The first-order valence-corrected chi connectivity index (χ1v) is 12.3. The van der Waals surface area contributed by atoms with E-state index >= 15 is 0 Å². The molecule has 0 bridgehead atoms. The van der Waals surface area contributed by atoms with Gasteiger partial charge in [-0.25, -0.2) is 8.42 Å². The number of hydrogen-bond donors (Lipinski definition) is 1. The molecule has 2 fully saturated rings. The van der Waals surface area contributed by atoms with Crippen molar-refractivity contribution in [2.75, 3.05) is 19.6 Å². The molecule has 0 spiro atoms. The molecule has 2 aliphatic rings. The van der Waals surface area contributed by atoms with Crippen LogP contribution in [0.3, 0.4) is 0 Å². The second-order valence-corrected chi connectivity index (χ2v) is 10.7. The standard InChI is InChI=1S/C19H30N2O4S2/c1-2-11-21(16-8-3-4-9-17(16)22)19(23)15-7-5-12-20(14-15)27(24,25)18-10-6-13-26-18/h6,10,13,15-17,22H,2-5,7-9,11-12,14H2,1H3. The third-order valence-corrected chi connectivity index (χ3v) is 8.90. The van der Waals surface area contributed by atoms with E-state index in [1.54, 1.807) is 17.5 Å². The summed E-state index contributed by atoms with van der Waals surface area (Å²) in [5.74, 6) is -0.317. The normalized spacial score (nSPS) is 27.4. The molecule has 1 aliphatic heterocycles. The van der Waals surface area contributed by atoms with Crippen molar-refractivity contribution in [2.45, 2.75) is 68.2 Å². The summed E-state index contributed by atoms with van der Waals surface area (Å²) in [6.07, 6.45) is 5.36. The maximum atomic E-state index is 13.3. The van der Waals surface area contributed by atoms with Gasteiger partial charge in [-0.05, 0) is 43.6 Å². The van der Waals surface area contributed by atoms with Crippen LogP contribution in [0.4, 0.5) is 0 Å². The number of rotatable bonds is 6. The molecule has 3 unspecified atom stereocenters. The summed E-state index contributed by atoms with van der Waals surface area (Å²) in [7, 11) is -3.53. The van der Waals surface area contributed by atoms with E-state index in [1.165, 1.54) is 15.6 Å². The van der Waals surface area contributed by atoms with E-state index < -0.39 is 16.1 Å². The fraction of sp³-hybridized carbons (Fsp3) is 0.737. The molecule has 1 aliphatic carbocycles. The number of thiophene rings is 1. The number of piperidine rings is 1. The van der Waals surface area contributed by atoms with Crippen LogP contribution in [0.15, 0.2) is 21.7 Å². The minimum atomic E-state index is -3.53. The molecule has 27 heavy (non-hydrogen) atoms. The highest BCUT2D eigenvalue weighted by Gasteiger charge is 2.38. The number of aliphatic hydroxyl groups is 1. The molecular weight excluding hydrogens is 384 g/mol. The Bertz CT molecular complexity index is 720.